The number of ether oxygens (including phenoxy) is 2. The number of nitrogens with zero attached hydrogens (tertiary/aromatic N) is 3. The minimum atomic E-state index is -3.88. The van der Waals surface area contributed by atoms with Crippen molar-refractivity contribution in [1.29, 1.82) is 0 Å². The van der Waals surface area contributed by atoms with Crippen LogP contribution in [0.5, 0.6) is 5.75 Å². The third-order valence-electron chi connectivity index (χ3n) is 8.71. The summed E-state index contributed by atoms with van der Waals surface area (Å²) in [7, 11) is -3.88. The maximum atomic E-state index is 13.8. The second-order valence-electron chi connectivity index (χ2n) is 11.9. The predicted octanol–water partition coefficient (Wildman–Crippen LogP) is 2.53. The van der Waals surface area contributed by atoms with Gasteiger partial charge >= 0.3 is 0 Å². The molecule has 2 saturated heterocycles. The van der Waals surface area contributed by atoms with E-state index in [1.807, 2.05) is 13.0 Å². The van der Waals surface area contributed by atoms with E-state index in [-0.39, 0.29) is 23.5 Å². The molecule has 2 atom stereocenters. The molecule has 2 aromatic rings. The number of pyridine rings is 1. The smallest absolute Gasteiger partial charge is 0.258 e. The van der Waals surface area contributed by atoms with Crippen molar-refractivity contribution in [3.05, 3.63) is 35.4 Å². The van der Waals surface area contributed by atoms with Crippen LogP contribution in [0.2, 0.25) is 0 Å². The molecule has 41 heavy (non-hydrogen) atoms. The summed E-state index contributed by atoms with van der Waals surface area (Å²) in [6.45, 7) is 7.36. The normalized spacial score (nSPS) is 22.3. The van der Waals surface area contributed by atoms with Gasteiger partial charge in [0.25, 0.3) is 5.91 Å². The summed E-state index contributed by atoms with van der Waals surface area (Å²) in [6, 6.07) is 5.84. The van der Waals surface area contributed by atoms with Gasteiger partial charge < -0.3 is 29.7 Å². The van der Waals surface area contributed by atoms with Gasteiger partial charge in [0, 0.05) is 44.2 Å². The fourth-order valence-corrected chi connectivity index (χ4v) is 7.31. The van der Waals surface area contributed by atoms with Crippen LogP contribution in [0.15, 0.2) is 29.2 Å². The van der Waals surface area contributed by atoms with Gasteiger partial charge in [-0.15, -0.1) is 0 Å². The fraction of sp³-hybridized carbons (Fsp3) is 0.586. The van der Waals surface area contributed by atoms with Crippen LogP contribution < -0.4 is 24.6 Å². The maximum absolute atomic E-state index is 13.8. The van der Waals surface area contributed by atoms with Gasteiger partial charge in [-0.05, 0) is 69.2 Å². The largest absolute Gasteiger partial charge is 0.489 e. The summed E-state index contributed by atoms with van der Waals surface area (Å²) in [5, 5.41) is 12.4. The molecule has 11 nitrogen and oxygen atoms in total. The van der Waals surface area contributed by atoms with E-state index < -0.39 is 16.1 Å². The quantitative estimate of drug-likeness (QED) is 0.427. The van der Waals surface area contributed by atoms with Gasteiger partial charge in [-0.3, -0.25) is 4.79 Å². The predicted molar refractivity (Wildman–Crippen MR) is 155 cm³/mol. The van der Waals surface area contributed by atoms with Gasteiger partial charge in [0.2, 0.25) is 10.0 Å². The van der Waals surface area contributed by atoms with Crippen LogP contribution in [-0.4, -0.2) is 82.6 Å². The van der Waals surface area contributed by atoms with Crippen LogP contribution in [0.25, 0.3) is 0 Å². The molecule has 4 heterocycles. The van der Waals surface area contributed by atoms with Crippen LogP contribution in [0.3, 0.4) is 0 Å². The van der Waals surface area contributed by atoms with Crippen molar-refractivity contribution in [2.24, 2.45) is 5.41 Å². The summed E-state index contributed by atoms with van der Waals surface area (Å²) in [5.41, 5.74) is 2.40. The molecule has 1 aliphatic carbocycles. The maximum Gasteiger partial charge on any atom is 0.258 e. The summed E-state index contributed by atoms with van der Waals surface area (Å²) in [4.78, 5) is 22.9. The Kier molecular flexibility index (Phi) is 7.60. The molecule has 0 bridgehead atoms. The lowest BCUT2D eigenvalue weighted by Gasteiger charge is -2.35. The Labute approximate surface area is 241 Å². The van der Waals surface area contributed by atoms with E-state index in [0.29, 0.717) is 54.6 Å². The number of rotatable bonds is 8. The average molecular weight is 586 g/mol. The standard InChI is InChI=1S/C29H39N5O6S/c1-19(18-35)32-41(37,38)22-3-4-23(24(16-22)33-10-8-29(6-7-29)9-11-33)28(36)31-25-15-21-5-13-40-26(21)27(30-25)34-12-14-39-20(2)17-34/h3-4,15-16,19-20,32,35H,5-14,17-18H2,1-2H3,(H,30,31,36)/t19-,20-/m1/s1. The van der Waals surface area contributed by atoms with Gasteiger partial charge in [-0.25, -0.2) is 18.1 Å². The Morgan fingerprint density at radius 3 is 2.63 bits per heavy atom. The molecule has 1 aromatic carbocycles. The summed E-state index contributed by atoms with van der Waals surface area (Å²) in [6.07, 6.45) is 5.33. The van der Waals surface area contributed by atoms with Crippen LogP contribution in [0, 0.1) is 5.41 Å². The van der Waals surface area contributed by atoms with E-state index in [0.717, 1.165) is 43.7 Å². The molecular weight excluding hydrogens is 546 g/mol. The van der Waals surface area contributed by atoms with E-state index in [1.54, 1.807) is 19.1 Å². The van der Waals surface area contributed by atoms with Crippen molar-refractivity contribution in [2.75, 3.05) is 61.1 Å². The number of nitrogens with one attached hydrogen (secondary N) is 2. The molecule has 3 aliphatic heterocycles. The van der Waals surface area contributed by atoms with Crippen molar-refractivity contribution >= 4 is 33.3 Å². The highest BCUT2D eigenvalue weighted by Crippen LogP contribution is 2.54. The van der Waals surface area contributed by atoms with Gasteiger partial charge in [0.15, 0.2) is 11.6 Å². The number of aromatic nitrogens is 1. The SMILES string of the molecule is C[C@H](CO)NS(=O)(=O)c1ccc(C(=O)Nc2cc3c(c(N4CCO[C@H](C)C4)n2)OCC3)c(N2CCC3(CC2)CC3)c1. The number of carbonyl (C=O) groups excluding carboxylic acids is 1. The third kappa shape index (κ3) is 5.88. The van der Waals surface area contributed by atoms with Crippen molar-refractivity contribution in [1.82, 2.24) is 9.71 Å². The van der Waals surface area contributed by atoms with Crippen molar-refractivity contribution in [3.8, 4) is 5.75 Å². The molecule has 222 valence electrons. The first-order valence-corrected chi connectivity index (χ1v) is 16.0. The number of hydrogen-bond acceptors (Lipinski definition) is 9. The van der Waals surface area contributed by atoms with Crippen molar-refractivity contribution in [2.45, 2.75) is 63.0 Å². The Hall–Kier alpha value is -2.93. The number of aliphatic hydroxyl groups excluding tert-OH is 1. The number of sulfonamides is 1. The number of anilines is 3. The van der Waals surface area contributed by atoms with Crippen LogP contribution in [0.1, 0.15) is 55.5 Å². The van der Waals surface area contributed by atoms with Gasteiger partial charge in [-0.2, -0.15) is 0 Å². The molecule has 0 radical (unpaired) electrons. The zero-order valence-corrected chi connectivity index (χ0v) is 24.5. The average Bonchev–Trinajstić information content (AvgIpc) is 3.53. The van der Waals surface area contributed by atoms with Gasteiger partial charge in [0.1, 0.15) is 5.82 Å². The minimum Gasteiger partial charge on any atom is -0.489 e. The van der Waals surface area contributed by atoms with Crippen molar-refractivity contribution < 1.29 is 27.8 Å². The monoisotopic (exact) mass is 585 g/mol. The first-order chi connectivity index (χ1) is 19.7. The molecule has 3 N–H and O–H groups in total. The lowest BCUT2D eigenvalue weighted by molar-refractivity contribution is 0.0527. The number of amides is 1. The van der Waals surface area contributed by atoms with E-state index >= 15 is 0 Å². The number of fused-ring (bicyclic) bond motifs is 1. The molecule has 1 spiro atoms. The zero-order chi connectivity index (χ0) is 28.8. The number of carbonyl (C=O) groups is 1. The first-order valence-electron chi connectivity index (χ1n) is 14.5. The van der Waals surface area contributed by atoms with E-state index in [4.69, 9.17) is 14.5 Å². The van der Waals surface area contributed by atoms with E-state index in [1.165, 1.54) is 18.9 Å². The second-order valence-corrected chi connectivity index (χ2v) is 13.6. The summed E-state index contributed by atoms with van der Waals surface area (Å²) < 4.78 is 40.3. The fourth-order valence-electron chi connectivity index (χ4n) is 6.05. The highest BCUT2D eigenvalue weighted by atomic mass is 32.2. The summed E-state index contributed by atoms with van der Waals surface area (Å²) >= 11 is 0. The molecule has 4 aliphatic rings. The number of morpholine rings is 1. The van der Waals surface area contributed by atoms with E-state index in [9.17, 15) is 18.3 Å². The Morgan fingerprint density at radius 1 is 1.15 bits per heavy atom. The lowest BCUT2D eigenvalue weighted by atomic mass is 9.93. The topological polar surface area (TPSA) is 133 Å². The Bertz CT molecular complexity index is 1420. The second kappa shape index (κ2) is 11.0. The molecule has 1 saturated carbocycles. The molecule has 6 rings (SSSR count). The number of piperidine rings is 1. The van der Waals surface area contributed by atoms with Gasteiger partial charge in [-0.1, -0.05) is 0 Å². The molecule has 3 fully saturated rings. The molecule has 1 aromatic heterocycles. The minimum absolute atomic E-state index is 0.0624. The summed E-state index contributed by atoms with van der Waals surface area (Å²) in [5.74, 6) is 1.56. The number of aliphatic hydroxyl groups is 1. The molecule has 12 heteroatoms. The zero-order valence-electron chi connectivity index (χ0n) is 23.7. The highest BCUT2D eigenvalue weighted by Gasteiger charge is 2.44. The van der Waals surface area contributed by atoms with Crippen molar-refractivity contribution in [3.63, 3.8) is 0 Å². The van der Waals surface area contributed by atoms with Gasteiger partial charge in [0.05, 0.1) is 42.1 Å². The highest BCUT2D eigenvalue weighted by molar-refractivity contribution is 7.89. The molecule has 1 amide bonds. The first kappa shape index (κ1) is 28.2. The Balaban J connectivity index is 1.31. The Morgan fingerprint density at radius 2 is 1.93 bits per heavy atom. The molecular formula is C29H39N5O6S. The molecule has 0 unspecified atom stereocenters. The van der Waals surface area contributed by atoms with Crippen LogP contribution in [0.4, 0.5) is 17.3 Å². The van der Waals surface area contributed by atoms with Crippen LogP contribution >= 0.6 is 0 Å². The van der Waals surface area contributed by atoms with E-state index in [2.05, 4.69) is 19.8 Å². The number of benzene rings is 1. The number of hydrogen-bond donors (Lipinski definition) is 3. The third-order valence-corrected chi connectivity index (χ3v) is 10.3. The van der Waals surface area contributed by atoms with Crippen LogP contribution in [-0.2, 0) is 21.2 Å². The lowest BCUT2D eigenvalue weighted by Crippen LogP contribution is -2.41.